The minimum Gasteiger partial charge on any atom is -0.444 e. The summed E-state index contributed by atoms with van der Waals surface area (Å²) in [7, 11) is 0. The molecule has 0 unspecified atom stereocenters. The summed E-state index contributed by atoms with van der Waals surface area (Å²) in [6.45, 7) is 1.79. The van der Waals surface area contributed by atoms with Gasteiger partial charge in [-0.15, -0.1) is 11.3 Å². The molecule has 0 saturated carbocycles. The van der Waals surface area contributed by atoms with E-state index in [1.165, 1.54) is 23.5 Å². The van der Waals surface area contributed by atoms with E-state index in [1.54, 1.807) is 29.5 Å². The quantitative estimate of drug-likeness (QED) is 0.501. The lowest BCUT2D eigenvalue weighted by atomic mass is 10.1. The lowest BCUT2D eigenvalue weighted by molar-refractivity contribution is 0.0994. The topological polar surface area (TPSA) is 59.5 Å². The molecule has 0 aliphatic rings. The van der Waals surface area contributed by atoms with Crippen molar-refractivity contribution in [3.05, 3.63) is 63.7 Å². The first-order valence-electron chi connectivity index (χ1n) is 7.31. The van der Waals surface area contributed by atoms with Crippen molar-refractivity contribution >= 4 is 44.0 Å². The highest BCUT2D eigenvalue weighted by Crippen LogP contribution is 2.31. The van der Waals surface area contributed by atoms with Crippen LogP contribution in [0.1, 0.15) is 16.1 Å². The molecule has 0 aliphatic carbocycles. The molecule has 1 N–H and O–H groups in total. The van der Waals surface area contributed by atoms with Crippen LogP contribution < -0.4 is 5.32 Å². The van der Waals surface area contributed by atoms with Crippen LogP contribution in [0.5, 0.6) is 0 Å². The molecular weight excluding hydrogens is 409 g/mol. The highest BCUT2D eigenvalue weighted by molar-refractivity contribution is 9.10. The molecular formula is C17H11BrFN3O2S. The summed E-state index contributed by atoms with van der Waals surface area (Å²) in [5, 5.41) is 4.74. The monoisotopic (exact) mass is 419 g/mol. The van der Waals surface area contributed by atoms with Gasteiger partial charge in [-0.3, -0.25) is 9.20 Å². The summed E-state index contributed by atoms with van der Waals surface area (Å²) in [6.07, 6.45) is 1.82. The maximum Gasteiger partial charge on any atom is 0.292 e. The Hall–Kier alpha value is -2.45. The minimum absolute atomic E-state index is 0.224. The molecule has 25 heavy (non-hydrogen) atoms. The van der Waals surface area contributed by atoms with E-state index < -0.39 is 0 Å². The first-order valence-corrected chi connectivity index (χ1v) is 8.99. The van der Waals surface area contributed by atoms with Crippen LogP contribution in [0.2, 0.25) is 0 Å². The number of hydrogen-bond acceptors (Lipinski definition) is 4. The number of carbonyl (C=O) groups is 1. The van der Waals surface area contributed by atoms with Crippen molar-refractivity contribution in [2.45, 2.75) is 6.92 Å². The molecule has 4 aromatic rings. The Bertz CT molecular complexity index is 1080. The zero-order chi connectivity index (χ0) is 17.6. The van der Waals surface area contributed by atoms with Gasteiger partial charge in [0.25, 0.3) is 5.91 Å². The standard InChI is InChI=1S/C17H11BrFN3O2S/c1-9-8-12(18)24-14(9)16(23)21-15-13(10-2-4-11(19)5-3-10)20-17-22(15)6-7-25-17/h2-8H,1H3,(H,21,23). The third-order valence-corrected chi connectivity index (χ3v) is 4.85. The first-order chi connectivity index (χ1) is 12.0. The summed E-state index contributed by atoms with van der Waals surface area (Å²) in [6, 6.07) is 7.72. The van der Waals surface area contributed by atoms with E-state index in [0.717, 1.165) is 10.5 Å². The summed E-state index contributed by atoms with van der Waals surface area (Å²) >= 11 is 4.67. The third-order valence-electron chi connectivity index (χ3n) is 3.71. The zero-order valence-corrected chi connectivity index (χ0v) is 15.3. The van der Waals surface area contributed by atoms with Gasteiger partial charge in [-0.1, -0.05) is 0 Å². The summed E-state index contributed by atoms with van der Waals surface area (Å²) in [5.74, 6) is 0.0351. The maximum atomic E-state index is 13.2. The van der Waals surface area contributed by atoms with Crippen molar-refractivity contribution < 1.29 is 13.6 Å². The van der Waals surface area contributed by atoms with Gasteiger partial charge in [0.15, 0.2) is 15.4 Å². The fourth-order valence-electron chi connectivity index (χ4n) is 2.55. The first kappa shape index (κ1) is 16.0. The molecule has 4 rings (SSSR count). The number of halogens is 2. The van der Waals surface area contributed by atoms with Gasteiger partial charge in [0.2, 0.25) is 0 Å². The van der Waals surface area contributed by atoms with Crippen molar-refractivity contribution in [1.82, 2.24) is 9.38 Å². The maximum absolute atomic E-state index is 13.2. The Morgan fingerprint density at radius 1 is 1.36 bits per heavy atom. The van der Waals surface area contributed by atoms with Crippen LogP contribution in [0.25, 0.3) is 16.2 Å². The van der Waals surface area contributed by atoms with Gasteiger partial charge in [0.1, 0.15) is 17.3 Å². The molecule has 8 heteroatoms. The number of nitrogens with zero attached hydrogens (tertiary/aromatic N) is 2. The number of benzene rings is 1. The van der Waals surface area contributed by atoms with Gasteiger partial charge in [0.05, 0.1) is 0 Å². The largest absolute Gasteiger partial charge is 0.444 e. The molecule has 0 fully saturated rings. The molecule has 0 spiro atoms. The number of imidazole rings is 1. The summed E-state index contributed by atoms with van der Waals surface area (Å²) in [4.78, 5) is 17.9. The predicted molar refractivity (Wildman–Crippen MR) is 97.6 cm³/mol. The molecule has 0 saturated heterocycles. The van der Waals surface area contributed by atoms with Gasteiger partial charge < -0.3 is 9.73 Å². The number of amides is 1. The fourth-order valence-corrected chi connectivity index (χ4v) is 3.77. The second kappa shape index (κ2) is 6.12. The van der Waals surface area contributed by atoms with Crippen molar-refractivity contribution in [2.24, 2.45) is 0 Å². The molecule has 0 aliphatic heterocycles. The van der Waals surface area contributed by atoms with Gasteiger partial charge >= 0.3 is 0 Å². The predicted octanol–water partition coefficient (Wildman–Crippen LogP) is 5.12. The van der Waals surface area contributed by atoms with Crippen LogP contribution in [-0.2, 0) is 0 Å². The minimum atomic E-state index is -0.375. The molecule has 1 aromatic carbocycles. The van der Waals surface area contributed by atoms with E-state index in [1.807, 2.05) is 11.6 Å². The average Bonchev–Trinajstić information content (AvgIpc) is 3.24. The number of anilines is 1. The van der Waals surface area contributed by atoms with E-state index in [9.17, 15) is 9.18 Å². The highest BCUT2D eigenvalue weighted by Gasteiger charge is 2.21. The number of furan rings is 1. The molecule has 0 bridgehead atoms. The van der Waals surface area contributed by atoms with Crippen LogP contribution in [0.15, 0.2) is 51.0 Å². The Kier molecular flexibility index (Phi) is 3.93. The summed E-state index contributed by atoms with van der Waals surface area (Å²) < 4.78 is 20.9. The van der Waals surface area contributed by atoms with E-state index in [2.05, 4.69) is 26.2 Å². The Morgan fingerprint density at radius 2 is 2.12 bits per heavy atom. The fraction of sp³-hybridized carbons (Fsp3) is 0.0588. The number of hydrogen-bond donors (Lipinski definition) is 1. The average molecular weight is 420 g/mol. The third kappa shape index (κ3) is 2.87. The van der Waals surface area contributed by atoms with Gasteiger partial charge in [-0.05, 0) is 53.2 Å². The van der Waals surface area contributed by atoms with Gasteiger partial charge in [0, 0.05) is 22.7 Å². The molecule has 1 amide bonds. The molecule has 0 atom stereocenters. The lowest BCUT2D eigenvalue weighted by Gasteiger charge is -2.06. The van der Waals surface area contributed by atoms with Crippen LogP contribution in [0, 0.1) is 12.7 Å². The van der Waals surface area contributed by atoms with Crippen LogP contribution in [0.4, 0.5) is 10.2 Å². The van der Waals surface area contributed by atoms with Crippen molar-refractivity contribution in [3.8, 4) is 11.3 Å². The second-order valence-corrected chi connectivity index (χ2v) is 7.04. The van der Waals surface area contributed by atoms with E-state index in [-0.39, 0.29) is 17.5 Å². The molecule has 3 aromatic heterocycles. The summed E-state index contributed by atoms with van der Waals surface area (Å²) in [5.41, 5.74) is 2.01. The Labute approximate surface area is 154 Å². The Morgan fingerprint density at radius 3 is 2.80 bits per heavy atom. The molecule has 3 heterocycles. The van der Waals surface area contributed by atoms with Crippen LogP contribution in [-0.4, -0.2) is 15.3 Å². The van der Waals surface area contributed by atoms with Gasteiger partial charge in [-0.25, -0.2) is 9.37 Å². The smallest absolute Gasteiger partial charge is 0.292 e. The number of carbonyl (C=O) groups excluding carboxylic acids is 1. The number of aryl methyl sites for hydroxylation is 1. The molecule has 126 valence electrons. The number of rotatable bonds is 3. The second-order valence-electron chi connectivity index (χ2n) is 5.39. The number of thiazole rings is 1. The zero-order valence-electron chi connectivity index (χ0n) is 12.9. The lowest BCUT2D eigenvalue weighted by Crippen LogP contribution is -2.14. The van der Waals surface area contributed by atoms with E-state index >= 15 is 0 Å². The van der Waals surface area contributed by atoms with Crippen molar-refractivity contribution in [3.63, 3.8) is 0 Å². The molecule has 5 nitrogen and oxygen atoms in total. The van der Waals surface area contributed by atoms with Crippen LogP contribution in [0.3, 0.4) is 0 Å². The highest BCUT2D eigenvalue weighted by atomic mass is 79.9. The molecule has 0 radical (unpaired) electrons. The van der Waals surface area contributed by atoms with E-state index in [0.29, 0.717) is 21.7 Å². The normalized spacial score (nSPS) is 11.2. The SMILES string of the molecule is Cc1cc(Br)oc1C(=O)Nc1c(-c2ccc(F)cc2)nc2sccn12. The van der Waals surface area contributed by atoms with Crippen molar-refractivity contribution in [2.75, 3.05) is 5.32 Å². The number of nitrogens with one attached hydrogen (secondary N) is 1. The van der Waals surface area contributed by atoms with Crippen LogP contribution >= 0.6 is 27.3 Å². The van der Waals surface area contributed by atoms with E-state index in [4.69, 9.17) is 4.42 Å². The number of aromatic nitrogens is 2. The van der Waals surface area contributed by atoms with Crippen molar-refractivity contribution in [1.29, 1.82) is 0 Å². The Balaban J connectivity index is 1.79. The van der Waals surface area contributed by atoms with Gasteiger partial charge in [-0.2, -0.15) is 0 Å². The number of fused-ring (bicyclic) bond motifs is 1.